The van der Waals surface area contributed by atoms with Crippen LogP contribution in [-0.2, 0) is 10.0 Å². The molecule has 0 saturated carbocycles. The molecule has 0 unspecified atom stereocenters. The smallest absolute Gasteiger partial charge is 0.261 e. The number of amides is 1. The zero-order valence-corrected chi connectivity index (χ0v) is 16.2. The molecule has 144 valence electrons. The lowest BCUT2D eigenvalue weighted by atomic mass is 9.96. The minimum atomic E-state index is -3.68. The first-order chi connectivity index (χ1) is 13.0. The molecule has 1 heterocycles. The summed E-state index contributed by atoms with van der Waals surface area (Å²) < 4.78 is 27.5. The molecule has 1 fully saturated rings. The average Bonchev–Trinajstić information content (AvgIpc) is 2.69. The Morgan fingerprint density at radius 1 is 1.04 bits per heavy atom. The van der Waals surface area contributed by atoms with E-state index in [9.17, 15) is 13.2 Å². The SMILES string of the molecule is CNCC1CCN(C(=O)c2ccc(S(=O)(=O)Nc3ccccc3)cc2)CC1. The Morgan fingerprint density at radius 3 is 2.26 bits per heavy atom. The van der Waals surface area contributed by atoms with Gasteiger partial charge in [-0.15, -0.1) is 0 Å². The number of piperidine rings is 1. The first-order valence-electron chi connectivity index (χ1n) is 9.11. The average molecular weight is 388 g/mol. The fourth-order valence-electron chi connectivity index (χ4n) is 3.31. The van der Waals surface area contributed by atoms with Gasteiger partial charge in [-0.1, -0.05) is 18.2 Å². The normalized spacial score (nSPS) is 15.5. The Kier molecular flexibility index (Phi) is 6.13. The van der Waals surface area contributed by atoms with Crippen molar-refractivity contribution in [3.63, 3.8) is 0 Å². The van der Waals surface area contributed by atoms with Crippen LogP contribution in [0.4, 0.5) is 5.69 Å². The minimum absolute atomic E-state index is 0.0436. The Balaban J connectivity index is 1.65. The van der Waals surface area contributed by atoms with Gasteiger partial charge >= 0.3 is 0 Å². The van der Waals surface area contributed by atoms with Crippen molar-refractivity contribution in [2.24, 2.45) is 5.92 Å². The van der Waals surface area contributed by atoms with Crippen LogP contribution >= 0.6 is 0 Å². The van der Waals surface area contributed by atoms with Gasteiger partial charge in [0.05, 0.1) is 4.90 Å². The summed E-state index contributed by atoms with van der Waals surface area (Å²) in [6, 6.07) is 14.8. The van der Waals surface area contributed by atoms with Gasteiger partial charge in [0.1, 0.15) is 0 Å². The van der Waals surface area contributed by atoms with Gasteiger partial charge < -0.3 is 10.2 Å². The van der Waals surface area contributed by atoms with Crippen LogP contribution in [0.2, 0.25) is 0 Å². The van der Waals surface area contributed by atoms with Gasteiger partial charge in [-0.2, -0.15) is 0 Å². The van der Waals surface area contributed by atoms with E-state index in [1.807, 2.05) is 18.0 Å². The third-order valence-corrected chi connectivity index (χ3v) is 6.23. The van der Waals surface area contributed by atoms with Crippen molar-refractivity contribution in [3.8, 4) is 0 Å². The van der Waals surface area contributed by atoms with E-state index in [1.165, 1.54) is 12.1 Å². The number of nitrogens with zero attached hydrogens (tertiary/aromatic N) is 1. The van der Waals surface area contributed by atoms with Crippen LogP contribution in [0, 0.1) is 5.92 Å². The highest BCUT2D eigenvalue weighted by atomic mass is 32.2. The largest absolute Gasteiger partial charge is 0.339 e. The van der Waals surface area contributed by atoms with Gasteiger partial charge in [-0.3, -0.25) is 9.52 Å². The first kappa shape index (κ1) is 19.4. The molecule has 2 N–H and O–H groups in total. The molecule has 2 aromatic carbocycles. The van der Waals surface area contributed by atoms with Crippen LogP contribution in [0.3, 0.4) is 0 Å². The second-order valence-electron chi connectivity index (χ2n) is 6.79. The number of benzene rings is 2. The molecule has 7 heteroatoms. The zero-order valence-electron chi connectivity index (χ0n) is 15.4. The number of likely N-dealkylation sites (tertiary alicyclic amines) is 1. The molecule has 1 aliphatic heterocycles. The summed E-state index contributed by atoms with van der Waals surface area (Å²) in [5.41, 5.74) is 1.02. The molecule has 0 radical (unpaired) electrons. The molecule has 1 aliphatic rings. The molecule has 0 spiro atoms. The quantitative estimate of drug-likeness (QED) is 0.799. The molecule has 0 aromatic heterocycles. The van der Waals surface area contributed by atoms with Gasteiger partial charge in [0, 0.05) is 24.3 Å². The van der Waals surface area contributed by atoms with Crippen LogP contribution in [-0.4, -0.2) is 45.9 Å². The third-order valence-electron chi connectivity index (χ3n) is 4.83. The lowest BCUT2D eigenvalue weighted by molar-refractivity contribution is 0.0691. The van der Waals surface area contributed by atoms with Crippen molar-refractivity contribution < 1.29 is 13.2 Å². The topological polar surface area (TPSA) is 78.5 Å². The lowest BCUT2D eigenvalue weighted by Gasteiger charge is -2.32. The number of rotatable bonds is 6. The number of sulfonamides is 1. The Bertz CT molecular complexity index is 859. The summed E-state index contributed by atoms with van der Waals surface area (Å²) in [6.07, 6.45) is 1.97. The number of hydrogen-bond donors (Lipinski definition) is 2. The number of hydrogen-bond acceptors (Lipinski definition) is 4. The molecule has 2 aromatic rings. The summed E-state index contributed by atoms with van der Waals surface area (Å²) in [5.74, 6) is 0.563. The van der Waals surface area contributed by atoms with E-state index in [2.05, 4.69) is 10.0 Å². The van der Waals surface area contributed by atoms with Crippen molar-refractivity contribution in [1.82, 2.24) is 10.2 Å². The highest BCUT2D eigenvalue weighted by molar-refractivity contribution is 7.92. The molecule has 0 atom stereocenters. The van der Waals surface area contributed by atoms with E-state index in [1.54, 1.807) is 36.4 Å². The van der Waals surface area contributed by atoms with Gasteiger partial charge in [0.2, 0.25) is 0 Å². The molecule has 1 saturated heterocycles. The van der Waals surface area contributed by atoms with E-state index in [0.717, 1.165) is 32.5 Å². The van der Waals surface area contributed by atoms with Crippen molar-refractivity contribution in [3.05, 3.63) is 60.2 Å². The number of para-hydroxylation sites is 1. The van der Waals surface area contributed by atoms with Crippen LogP contribution in [0.5, 0.6) is 0 Å². The van der Waals surface area contributed by atoms with E-state index in [0.29, 0.717) is 17.2 Å². The Hall–Kier alpha value is -2.38. The van der Waals surface area contributed by atoms with Gasteiger partial charge in [0.25, 0.3) is 15.9 Å². The summed E-state index contributed by atoms with van der Waals surface area (Å²) in [7, 11) is -1.73. The van der Waals surface area contributed by atoms with Gasteiger partial charge in [0.15, 0.2) is 0 Å². The highest BCUT2D eigenvalue weighted by Gasteiger charge is 2.23. The van der Waals surface area contributed by atoms with Crippen molar-refractivity contribution >= 4 is 21.6 Å². The second-order valence-corrected chi connectivity index (χ2v) is 8.47. The molecule has 0 aliphatic carbocycles. The van der Waals surface area contributed by atoms with Crippen molar-refractivity contribution in [1.29, 1.82) is 0 Å². The van der Waals surface area contributed by atoms with Crippen LogP contribution in [0.15, 0.2) is 59.5 Å². The van der Waals surface area contributed by atoms with Crippen LogP contribution in [0.25, 0.3) is 0 Å². The maximum absolute atomic E-state index is 12.7. The second kappa shape index (κ2) is 8.54. The maximum atomic E-state index is 12.7. The lowest BCUT2D eigenvalue weighted by Crippen LogP contribution is -2.40. The predicted molar refractivity (Wildman–Crippen MR) is 106 cm³/mol. The fraction of sp³-hybridized carbons (Fsp3) is 0.350. The third kappa shape index (κ3) is 4.87. The van der Waals surface area contributed by atoms with Gasteiger partial charge in [-0.25, -0.2) is 8.42 Å². The standard InChI is InChI=1S/C20H25N3O3S/c1-21-15-16-11-13-23(14-12-16)20(24)17-7-9-19(10-8-17)27(25,26)22-18-5-3-2-4-6-18/h2-10,16,21-22H,11-15H2,1H3. The molecule has 3 rings (SSSR count). The Labute approximate surface area is 160 Å². The highest BCUT2D eigenvalue weighted by Crippen LogP contribution is 2.20. The summed E-state index contributed by atoms with van der Waals surface area (Å²) in [5, 5.41) is 3.18. The summed E-state index contributed by atoms with van der Waals surface area (Å²) >= 11 is 0. The predicted octanol–water partition coefficient (Wildman–Crippen LogP) is 2.56. The number of carbonyl (C=O) groups excluding carboxylic acids is 1. The van der Waals surface area contributed by atoms with Crippen LogP contribution < -0.4 is 10.0 Å². The number of anilines is 1. The number of nitrogens with one attached hydrogen (secondary N) is 2. The molecule has 27 heavy (non-hydrogen) atoms. The van der Waals surface area contributed by atoms with Crippen molar-refractivity contribution in [2.45, 2.75) is 17.7 Å². The summed E-state index contributed by atoms with van der Waals surface area (Å²) in [6.45, 7) is 2.45. The first-order valence-corrected chi connectivity index (χ1v) is 10.6. The van der Waals surface area contributed by atoms with E-state index < -0.39 is 10.0 Å². The monoisotopic (exact) mass is 387 g/mol. The van der Waals surface area contributed by atoms with E-state index >= 15 is 0 Å². The Morgan fingerprint density at radius 2 is 1.67 bits per heavy atom. The molecule has 0 bridgehead atoms. The van der Waals surface area contributed by atoms with Gasteiger partial charge in [-0.05, 0) is 68.8 Å². The number of carbonyl (C=O) groups is 1. The van der Waals surface area contributed by atoms with E-state index in [4.69, 9.17) is 0 Å². The zero-order chi connectivity index (χ0) is 19.3. The molecule has 1 amide bonds. The van der Waals surface area contributed by atoms with Crippen LogP contribution in [0.1, 0.15) is 23.2 Å². The molecular weight excluding hydrogens is 362 g/mol. The molecule has 6 nitrogen and oxygen atoms in total. The fourth-order valence-corrected chi connectivity index (χ4v) is 4.37. The van der Waals surface area contributed by atoms with E-state index in [-0.39, 0.29) is 10.8 Å². The minimum Gasteiger partial charge on any atom is -0.339 e. The summed E-state index contributed by atoms with van der Waals surface area (Å²) in [4.78, 5) is 14.6. The van der Waals surface area contributed by atoms with Crippen molar-refractivity contribution in [2.75, 3.05) is 31.4 Å². The molecular formula is C20H25N3O3S. The maximum Gasteiger partial charge on any atom is 0.261 e.